The number of hydrogen-bond acceptors (Lipinski definition) is 4. The molecule has 0 radical (unpaired) electrons. The summed E-state index contributed by atoms with van der Waals surface area (Å²) in [4.78, 5) is 20.4. The van der Waals surface area contributed by atoms with Crippen molar-refractivity contribution in [1.29, 1.82) is 0 Å². The summed E-state index contributed by atoms with van der Waals surface area (Å²) in [5.74, 6) is -1.88. The molecule has 0 heterocycles. The van der Waals surface area contributed by atoms with Gasteiger partial charge in [0.15, 0.2) is 0 Å². The molecule has 6 nitrogen and oxygen atoms in total. The van der Waals surface area contributed by atoms with E-state index in [2.05, 4.69) is 0 Å². The van der Waals surface area contributed by atoms with E-state index >= 15 is 0 Å². The molecule has 0 bridgehead atoms. The lowest BCUT2D eigenvalue weighted by molar-refractivity contribution is -0.142. The first-order chi connectivity index (χ1) is 7.71. The van der Waals surface area contributed by atoms with Crippen LogP contribution in [0.25, 0.3) is 0 Å². The van der Waals surface area contributed by atoms with Crippen molar-refractivity contribution in [2.45, 2.75) is 53.6 Å². The lowest BCUT2D eigenvalue weighted by atomic mass is 9.88. The van der Waals surface area contributed by atoms with Gasteiger partial charge in [0.25, 0.3) is 0 Å². The van der Waals surface area contributed by atoms with E-state index < -0.39 is 24.0 Å². The highest BCUT2D eigenvalue weighted by molar-refractivity contribution is 5.74. The summed E-state index contributed by atoms with van der Waals surface area (Å²) in [7, 11) is 0. The number of aliphatic carboxylic acids is 2. The molecule has 18 heavy (non-hydrogen) atoms. The Hall–Kier alpha value is -1.14. The molecular weight excluding hydrogens is 236 g/mol. The summed E-state index contributed by atoms with van der Waals surface area (Å²) in [5.41, 5.74) is 9.91. The standard InChI is InChI=1S/2C6H13NO2/c2*1-6(2,3)4(7)5(8)9/h2*4H,7H2,1-3H3,(H,8,9)/t2*4-/m10/s1. The second kappa shape index (κ2) is 6.70. The van der Waals surface area contributed by atoms with Crippen LogP contribution in [-0.4, -0.2) is 34.2 Å². The summed E-state index contributed by atoms with van der Waals surface area (Å²) in [6.07, 6.45) is 0. The van der Waals surface area contributed by atoms with Gasteiger partial charge in [0.1, 0.15) is 12.1 Å². The minimum atomic E-state index is -0.942. The molecular formula is C12H26N2O4. The summed E-state index contributed by atoms with van der Waals surface area (Å²) < 4.78 is 0. The minimum Gasteiger partial charge on any atom is -0.480 e. The Bertz CT molecular complexity index is 259. The second-order valence-electron chi connectivity index (χ2n) is 6.36. The highest BCUT2D eigenvalue weighted by Crippen LogP contribution is 2.17. The molecule has 0 aliphatic rings. The largest absolute Gasteiger partial charge is 0.480 e. The van der Waals surface area contributed by atoms with Crippen molar-refractivity contribution in [2.75, 3.05) is 0 Å². The third-order valence-electron chi connectivity index (χ3n) is 2.40. The lowest BCUT2D eigenvalue weighted by Crippen LogP contribution is -2.41. The fourth-order valence-corrected chi connectivity index (χ4v) is 0.741. The van der Waals surface area contributed by atoms with Crippen molar-refractivity contribution in [3.8, 4) is 0 Å². The maximum absolute atomic E-state index is 10.2. The number of rotatable bonds is 2. The second-order valence-corrected chi connectivity index (χ2v) is 6.36. The molecule has 0 aromatic carbocycles. The van der Waals surface area contributed by atoms with E-state index in [1.165, 1.54) is 0 Å². The number of carboxylic acids is 2. The molecule has 2 atom stereocenters. The van der Waals surface area contributed by atoms with Gasteiger partial charge < -0.3 is 21.7 Å². The summed E-state index contributed by atoms with van der Waals surface area (Å²) in [6.45, 7) is 10.8. The van der Waals surface area contributed by atoms with Crippen molar-refractivity contribution in [1.82, 2.24) is 0 Å². The first-order valence-electron chi connectivity index (χ1n) is 5.68. The predicted molar refractivity (Wildman–Crippen MR) is 70.1 cm³/mol. The Labute approximate surface area is 108 Å². The third-order valence-corrected chi connectivity index (χ3v) is 2.40. The smallest absolute Gasteiger partial charge is 0.321 e. The highest BCUT2D eigenvalue weighted by Gasteiger charge is 2.27. The van der Waals surface area contributed by atoms with Crippen LogP contribution in [0.15, 0.2) is 0 Å². The molecule has 0 unspecified atom stereocenters. The van der Waals surface area contributed by atoms with Gasteiger partial charge in [-0.3, -0.25) is 9.59 Å². The van der Waals surface area contributed by atoms with Gasteiger partial charge in [-0.15, -0.1) is 0 Å². The van der Waals surface area contributed by atoms with Crippen molar-refractivity contribution < 1.29 is 19.8 Å². The van der Waals surface area contributed by atoms with Crippen LogP contribution in [0.1, 0.15) is 41.5 Å². The van der Waals surface area contributed by atoms with E-state index in [0.29, 0.717) is 0 Å². The van der Waals surface area contributed by atoms with Gasteiger partial charge >= 0.3 is 11.9 Å². The van der Waals surface area contributed by atoms with Crippen LogP contribution in [0, 0.1) is 10.8 Å². The molecule has 0 saturated heterocycles. The summed E-state index contributed by atoms with van der Waals surface area (Å²) >= 11 is 0. The molecule has 6 N–H and O–H groups in total. The lowest BCUT2D eigenvalue weighted by Gasteiger charge is -2.22. The van der Waals surface area contributed by atoms with Gasteiger partial charge in [-0.2, -0.15) is 0 Å². The zero-order valence-electron chi connectivity index (χ0n) is 12.0. The summed E-state index contributed by atoms with van der Waals surface area (Å²) in [6, 6.07) is -1.53. The fraction of sp³-hybridized carbons (Fsp3) is 0.833. The van der Waals surface area contributed by atoms with E-state index in [1.54, 1.807) is 41.5 Å². The monoisotopic (exact) mass is 262 g/mol. The minimum absolute atomic E-state index is 0.341. The average molecular weight is 262 g/mol. The zero-order chi connectivity index (χ0) is 15.3. The topological polar surface area (TPSA) is 127 Å². The van der Waals surface area contributed by atoms with Gasteiger partial charge in [0, 0.05) is 0 Å². The van der Waals surface area contributed by atoms with Crippen molar-refractivity contribution >= 4 is 11.9 Å². The first-order valence-corrected chi connectivity index (χ1v) is 5.68. The molecule has 0 aliphatic carbocycles. The van der Waals surface area contributed by atoms with Crippen LogP contribution < -0.4 is 11.5 Å². The number of carboxylic acid groups (broad SMARTS) is 2. The van der Waals surface area contributed by atoms with Crippen molar-refractivity contribution in [2.24, 2.45) is 22.3 Å². The van der Waals surface area contributed by atoms with Crippen LogP contribution >= 0.6 is 0 Å². The van der Waals surface area contributed by atoms with Crippen molar-refractivity contribution in [3.63, 3.8) is 0 Å². The van der Waals surface area contributed by atoms with Gasteiger partial charge in [0.05, 0.1) is 0 Å². The average Bonchev–Trinajstić information content (AvgIpc) is 2.13. The van der Waals surface area contributed by atoms with Gasteiger partial charge in [-0.25, -0.2) is 0 Å². The molecule has 6 heteroatoms. The first kappa shape index (κ1) is 19.2. The molecule has 0 aromatic heterocycles. The summed E-state index contributed by atoms with van der Waals surface area (Å²) in [5, 5.41) is 16.8. The van der Waals surface area contributed by atoms with Crippen molar-refractivity contribution in [3.05, 3.63) is 0 Å². The van der Waals surface area contributed by atoms with Crippen LogP contribution in [0.2, 0.25) is 0 Å². The Balaban J connectivity index is 0. The van der Waals surface area contributed by atoms with Gasteiger partial charge in [0.2, 0.25) is 0 Å². The maximum Gasteiger partial charge on any atom is 0.321 e. The number of nitrogens with two attached hydrogens (primary N) is 2. The predicted octanol–water partition coefficient (Wildman–Crippen LogP) is 0.889. The van der Waals surface area contributed by atoms with E-state index in [4.69, 9.17) is 21.7 Å². The number of hydrogen-bond donors (Lipinski definition) is 4. The van der Waals surface area contributed by atoms with E-state index in [1.807, 2.05) is 0 Å². The number of carbonyl (C=O) groups is 2. The van der Waals surface area contributed by atoms with Gasteiger partial charge in [-0.05, 0) is 10.8 Å². The third kappa shape index (κ3) is 8.03. The van der Waals surface area contributed by atoms with E-state index in [-0.39, 0.29) is 10.8 Å². The van der Waals surface area contributed by atoms with Gasteiger partial charge in [-0.1, -0.05) is 41.5 Å². The molecule has 0 aromatic rings. The Morgan fingerprint density at radius 2 is 0.944 bits per heavy atom. The Kier molecular flexibility index (Phi) is 7.15. The maximum atomic E-state index is 10.2. The zero-order valence-corrected chi connectivity index (χ0v) is 12.0. The molecule has 0 rings (SSSR count). The fourth-order valence-electron chi connectivity index (χ4n) is 0.741. The molecule has 0 spiro atoms. The van der Waals surface area contributed by atoms with E-state index in [0.717, 1.165) is 0 Å². The van der Waals surface area contributed by atoms with Crippen LogP contribution in [-0.2, 0) is 9.59 Å². The van der Waals surface area contributed by atoms with Crippen LogP contribution in [0.4, 0.5) is 0 Å². The molecule has 0 fully saturated rings. The van der Waals surface area contributed by atoms with Crippen LogP contribution in [0.5, 0.6) is 0 Å². The molecule has 0 saturated carbocycles. The Morgan fingerprint density at radius 3 is 0.944 bits per heavy atom. The van der Waals surface area contributed by atoms with Crippen LogP contribution in [0.3, 0.4) is 0 Å². The molecule has 108 valence electrons. The normalized spacial score (nSPS) is 15.1. The highest BCUT2D eigenvalue weighted by atomic mass is 16.4. The Morgan fingerprint density at radius 1 is 0.778 bits per heavy atom. The van der Waals surface area contributed by atoms with E-state index in [9.17, 15) is 9.59 Å². The SMILES string of the molecule is CC(C)(C)[C@@H](N)C(=O)O.CC(C)(C)[C@H](N)C(=O)O. The molecule has 0 aliphatic heterocycles. The quantitative estimate of drug-likeness (QED) is 0.585. The molecule has 0 amide bonds.